The molecule has 4 heteroatoms. The minimum atomic E-state index is 0.439. The lowest BCUT2D eigenvalue weighted by atomic mass is 10.2. The first-order chi connectivity index (χ1) is 9.24. The Balaban J connectivity index is 1.87. The molecule has 0 aliphatic heterocycles. The zero-order valence-corrected chi connectivity index (χ0v) is 11.2. The molecular formula is C15H13ClN2O. The summed E-state index contributed by atoms with van der Waals surface area (Å²) in [7, 11) is 0. The predicted molar refractivity (Wildman–Crippen MR) is 77.5 cm³/mol. The van der Waals surface area contributed by atoms with Gasteiger partial charge in [-0.2, -0.15) is 0 Å². The Bertz CT molecular complexity index is 721. The van der Waals surface area contributed by atoms with Crippen molar-refractivity contribution in [2.75, 3.05) is 5.32 Å². The Morgan fingerprint density at radius 3 is 2.95 bits per heavy atom. The van der Waals surface area contributed by atoms with Crippen molar-refractivity contribution in [3.8, 4) is 0 Å². The van der Waals surface area contributed by atoms with Crippen molar-refractivity contribution < 1.29 is 4.42 Å². The smallest absolute Gasteiger partial charge is 0.199 e. The van der Waals surface area contributed by atoms with Crippen LogP contribution in [0.25, 0.3) is 11.0 Å². The number of furan rings is 1. The number of halogens is 1. The number of hydrogen-bond acceptors (Lipinski definition) is 3. The second-order valence-electron chi connectivity index (χ2n) is 4.45. The van der Waals surface area contributed by atoms with Crippen LogP contribution in [-0.2, 0) is 6.54 Å². The molecule has 2 aromatic heterocycles. The third-order valence-corrected chi connectivity index (χ3v) is 3.30. The van der Waals surface area contributed by atoms with Gasteiger partial charge in [0.05, 0.1) is 5.69 Å². The minimum absolute atomic E-state index is 0.439. The molecule has 0 spiro atoms. The maximum Gasteiger partial charge on any atom is 0.199 e. The summed E-state index contributed by atoms with van der Waals surface area (Å²) < 4.78 is 5.52. The van der Waals surface area contributed by atoms with E-state index in [-0.39, 0.29) is 0 Å². The van der Waals surface area contributed by atoms with Crippen molar-refractivity contribution in [3.63, 3.8) is 0 Å². The average Bonchev–Trinajstić information content (AvgIpc) is 2.72. The van der Waals surface area contributed by atoms with Crippen LogP contribution in [0.2, 0.25) is 5.22 Å². The zero-order chi connectivity index (χ0) is 13.2. The van der Waals surface area contributed by atoms with Gasteiger partial charge in [0, 0.05) is 29.9 Å². The minimum Gasteiger partial charge on any atom is -0.444 e. The molecule has 3 aromatic rings. The standard InChI is InChI=1S/C15H13ClN2O/c1-10-6-11(8-17-7-10)18-9-13-12-4-2-3-5-14(12)19-15(13)16/h2-8,18H,9H2,1H3. The number of nitrogens with one attached hydrogen (secondary N) is 1. The van der Waals surface area contributed by atoms with Crippen molar-refractivity contribution in [1.82, 2.24) is 4.98 Å². The maximum atomic E-state index is 6.14. The van der Waals surface area contributed by atoms with E-state index in [2.05, 4.69) is 10.3 Å². The van der Waals surface area contributed by atoms with E-state index in [1.54, 1.807) is 6.20 Å². The average molecular weight is 273 g/mol. The van der Waals surface area contributed by atoms with E-state index in [1.165, 1.54) is 0 Å². The first kappa shape index (κ1) is 12.1. The number of aromatic nitrogens is 1. The largest absolute Gasteiger partial charge is 0.444 e. The molecule has 0 fully saturated rings. The van der Waals surface area contributed by atoms with Gasteiger partial charge in [0.1, 0.15) is 5.58 Å². The van der Waals surface area contributed by atoms with Gasteiger partial charge >= 0.3 is 0 Å². The molecular weight excluding hydrogens is 260 g/mol. The summed E-state index contributed by atoms with van der Waals surface area (Å²) in [5.74, 6) is 0. The lowest BCUT2D eigenvalue weighted by Gasteiger charge is -2.05. The number of para-hydroxylation sites is 1. The van der Waals surface area contributed by atoms with Crippen LogP contribution in [0.5, 0.6) is 0 Å². The fraction of sp³-hybridized carbons (Fsp3) is 0.133. The van der Waals surface area contributed by atoms with Gasteiger partial charge in [0.2, 0.25) is 0 Å². The summed E-state index contributed by atoms with van der Waals surface area (Å²) in [6, 6.07) is 9.88. The molecule has 2 heterocycles. The van der Waals surface area contributed by atoms with Crippen LogP contribution in [0.4, 0.5) is 5.69 Å². The highest BCUT2D eigenvalue weighted by atomic mass is 35.5. The Labute approximate surface area is 116 Å². The third kappa shape index (κ3) is 2.42. The molecule has 19 heavy (non-hydrogen) atoms. The lowest BCUT2D eigenvalue weighted by Crippen LogP contribution is -1.99. The van der Waals surface area contributed by atoms with Gasteiger partial charge in [-0.3, -0.25) is 4.98 Å². The molecule has 0 saturated carbocycles. The van der Waals surface area contributed by atoms with E-state index in [9.17, 15) is 0 Å². The van der Waals surface area contributed by atoms with Gasteiger partial charge in [-0.1, -0.05) is 18.2 Å². The van der Waals surface area contributed by atoms with Crippen LogP contribution in [0.3, 0.4) is 0 Å². The van der Waals surface area contributed by atoms with Crippen LogP contribution in [0, 0.1) is 6.92 Å². The quantitative estimate of drug-likeness (QED) is 0.768. The molecule has 1 N–H and O–H groups in total. The normalized spacial score (nSPS) is 10.8. The van der Waals surface area contributed by atoms with Crippen LogP contribution < -0.4 is 5.32 Å². The van der Waals surface area contributed by atoms with E-state index in [0.29, 0.717) is 11.8 Å². The topological polar surface area (TPSA) is 38.1 Å². The zero-order valence-electron chi connectivity index (χ0n) is 10.5. The highest BCUT2D eigenvalue weighted by Crippen LogP contribution is 2.30. The molecule has 0 atom stereocenters. The Morgan fingerprint density at radius 1 is 1.26 bits per heavy atom. The number of rotatable bonds is 3. The van der Waals surface area contributed by atoms with Gasteiger partial charge in [-0.05, 0) is 36.2 Å². The second-order valence-corrected chi connectivity index (χ2v) is 4.80. The number of benzene rings is 1. The van der Waals surface area contributed by atoms with E-state index < -0.39 is 0 Å². The van der Waals surface area contributed by atoms with E-state index in [0.717, 1.165) is 27.8 Å². The molecule has 0 bridgehead atoms. The van der Waals surface area contributed by atoms with Crippen LogP contribution in [0.15, 0.2) is 47.1 Å². The molecule has 0 saturated heterocycles. The summed E-state index contributed by atoms with van der Waals surface area (Å²) in [6.45, 7) is 2.62. The maximum absolute atomic E-state index is 6.14. The van der Waals surface area contributed by atoms with Crippen molar-refractivity contribution in [2.45, 2.75) is 13.5 Å². The highest BCUT2D eigenvalue weighted by Gasteiger charge is 2.11. The molecule has 0 radical (unpaired) electrons. The molecule has 1 aromatic carbocycles. The Hall–Kier alpha value is -2.00. The fourth-order valence-corrected chi connectivity index (χ4v) is 2.33. The Kier molecular flexibility index (Phi) is 3.13. The molecule has 3 nitrogen and oxygen atoms in total. The van der Waals surface area contributed by atoms with Crippen molar-refractivity contribution in [2.24, 2.45) is 0 Å². The number of pyridine rings is 1. The van der Waals surface area contributed by atoms with Crippen molar-refractivity contribution >= 4 is 28.3 Å². The first-order valence-corrected chi connectivity index (χ1v) is 6.43. The SMILES string of the molecule is Cc1cncc(NCc2c(Cl)oc3ccccc23)c1. The van der Waals surface area contributed by atoms with Gasteiger partial charge in [0.25, 0.3) is 0 Å². The van der Waals surface area contributed by atoms with E-state index >= 15 is 0 Å². The predicted octanol–water partition coefficient (Wildman–Crippen LogP) is 4.40. The van der Waals surface area contributed by atoms with Crippen molar-refractivity contribution in [3.05, 3.63) is 59.1 Å². The van der Waals surface area contributed by atoms with E-state index in [4.69, 9.17) is 16.0 Å². The summed E-state index contributed by atoms with van der Waals surface area (Å²) in [5, 5.41) is 4.80. The van der Waals surface area contributed by atoms with Crippen LogP contribution >= 0.6 is 11.6 Å². The fourth-order valence-electron chi connectivity index (χ4n) is 2.08. The lowest BCUT2D eigenvalue weighted by molar-refractivity contribution is 0.613. The summed E-state index contributed by atoms with van der Waals surface area (Å²) >= 11 is 6.14. The van der Waals surface area contributed by atoms with Crippen molar-refractivity contribution in [1.29, 1.82) is 0 Å². The molecule has 96 valence electrons. The monoisotopic (exact) mass is 272 g/mol. The second kappa shape index (κ2) is 4.94. The number of anilines is 1. The highest BCUT2D eigenvalue weighted by molar-refractivity contribution is 6.30. The van der Waals surface area contributed by atoms with Crippen LogP contribution in [-0.4, -0.2) is 4.98 Å². The molecule has 3 rings (SSSR count). The van der Waals surface area contributed by atoms with E-state index in [1.807, 2.05) is 43.5 Å². The summed E-state index contributed by atoms with van der Waals surface area (Å²) in [4.78, 5) is 4.15. The van der Waals surface area contributed by atoms with Gasteiger partial charge in [-0.15, -0.1) is 0 Å². The summed E-state index contributed by atoms with van der Waals surface area (Å²) in [5.41, 5.74) is 3.87. The van der Waals surface area contributed by atoms with Gasteiger partial charge in [-0.25, -0.2) is 0 Å². The first-order valence-electron chi connectivity index (χ1n) is 6.05. The number of fused-ring (bicyclic) bond motifs is 1. The van der Waals surface area contributed by atoms with Gasteiger partial charge in [0.15, 0.2) is 5.22 Å². The number of hydrogen-bond donors (Lipinski definition) is 1. The molecule has 0 unspecified atom stereocenters. The molecule has 0 aliphatic carbocycles. The molecule has 0 aliphatic rings. The molecule has 0 amide bonds. The Morgan fingerprint density at radius 2 is 2.11 bits per heavy atom. The number of aryl methyl sites for hydroxylation is 1. The van der Waals surface area contributed by atoms with Crippen LogP contribution in [0.1, 0.15) is 11.1 Å². The summed E-state index contributed by atoms with van der Waals surface area (Å²) in [6.07, 6.45) is 3.62. The number of nitrogens with zero attached hydrogens (tertiary/aromatic N) is 1. The van der Waals surface area contributed by atoms with Gasteiger partial charge < -0.3 is 9.73 Å². The third-order valence-electron chi connectivity index (χ3n) is 2.99.